The van der Waals surface area contributed by atoms with Gasteiger partial charge in [-0.2, -0.15) is 5.12 Å². The number of allylic oxidation sites excluding steroid dienone is 2. The van der Waals surface area contributed by atoms with Gasteiger partial charge < -0.3 is 8.98 Å². The van der Waals surface area contributed by atoms with Crippen molar-refractivity contribution in [1.29, 1.82) is 0 Å². The normalized spacial score (nSPS) is 13.3. The standard InChI is InChI=1S/C70H50N4OSi2/c1-6-24-53(25-7-1)76(54-26-8-2-9-27-54,55-28-10-3-11-29-55)59-41-44-67-68(49-59)71-45-20-21-46-72(71)74(67)52-39-43-66-64(48-52)61-35-16-18-37-65(61)73(66)51-23-22-34-58(47-51)77(56-30-12-4-13-31-56,57-32-14-5-15-33-57)60-40-42-63-62-36-17-19-38-69(62)75-70(63)50-60/h1-50H. The lowest BCUT2D eigenvalue weighted by Gasteiger charge is -2.35. The van der Waals surface area contributed by atoms with E-state index in [4.69, 9.17) is 4.42 Å². The third-order valence-electron chi connectivity index (χ3n) is 16.2. The number of nitrogens with zero attached hydrogens (tertiary/aromatic N) is 4. The van der Waals surface area contributed by atoms with Crippen molar-refractivity contribution in [3.63, 3.8) is 0 Å². The Kier molecular flexibility index (Phi) is 10.5. The molecule has 0 spiro atoms. The summed E-state index contributed by atoms with van der Waals surface area (Å²) in [6.45, 7) is 0. The number of fused-ring (bicyclic) bond motifs is 9. The summed E-state index contributed by atoms with van der Waals surface area (Å²) >= 11 is 0. The zero-order valence-electron chi connectivity index (χ0n) is 42.1. The van der Waals surface area contributed by atoms with Crippen LogP contribution in [0, 0.1) is 0 Å². The van der Waals surface area contributed by atoms with Gasteiger partial charge in [0.2, 0.25) is 0 Å². The first-order valence-electron chi connectivity index (χ1n) is 26.4. The van der Waals surface area contributed by atoms with Crippen molar-refractivity contribution in [2.75, 3.05) is 10.0 Å². The highest BCUT2D eigenvalue weighted by atomic mass is 28.3. The van der Waals surface area contributed by atoms with Gasteiger partial charge >= 0.3 is 0 Å². The topological polar surface area (TPSA) is 27.8 Å². The van der Waals surface area contributed by atoms with Crippen LogP contribution < -0.4 is 51.5 Å². The molecular formula is C70H50N4OSi2. The Balaban J connectivity index is 0.898. The molecular weight excluding hydrogens is 969 g/mol. The van der Waals surface area contributed by atoms with Gasteiger partial charge in [-0.05, 0) is 114 Å². The molecule has 4 heterocycles. The molecule has 0 amide bonds. The van der Waals surface area contributed by atoms with E-state index in [0.29, 0.717) is 0 Å². The largest absolute Gasteiger partial charge is 0.456 e. The second-order valence-electron chi connectivity index (χ2n) is 20.1. The minimum Gasteiger partial charge on any atom is -0.456 e. The van der Waals surface area contributed by atoms with E-state index in [-0.39, 0.29) is 0 Å². The van der Waals surface area contributed by atoms with E-state index >= 15 is 0 Å². The average molecular weight is 1020 g/mol. The summed E-state index contributed by atoms with van der Waals surface area (Å²) in [5.41, 5.74) is 8.55. The van der Waals surface area contributed by atoms with Gasteiger partial charge in [0, 0.05) is 39.6 Å². The van der Waals surface area contributed by atoms with E-state index in [0.717, 1.165) is 55.7 Å². The molecule has 5 nitrogen and oxygen atoms in total. The highest BCUT2D eigenvalue weighted by Crippen LogP contribution is 2.46. The van der Waals surface area contributed by atoms with Gasteiger partial charge in [0.1, 0.15) is 11.2 Å². The summed E-state index contributed by atoms with van der Waals surface area (Å²) in [7, 11) is -5.80. The first-order chi connectivity index (χ1) is 38.2. The molecule has 0 bridgehead atoms. The average Bonchev–Trinajstić information content (AvgIpc) is 4.24. The van der Waals surface area contributed by atoms with Crippen molar-refractivity contribution in [2.24, 2.45) is 0 Å². The van der Waals surface area contributed by atoms with E-state index in [1.54, 1.807) is 0 Å². The predicted molar refractivity (Wildman–Crippen MR) is 326 cm³/mol. The lowest BCUT2D eigenvalue weighted by atomic mass is 10.1. The van der Waals surface area contributed by atoms with Crippen LogP contribution in [0.2, 0.25) is 0 Å². The van der Waals surface area contributed by atoms with Gasteiger partial charge in [0.15, 0.2) is 16.1 Å². The molecule has 77 heavy (non-hydrogen) atoms. The molecule has 0 unspecified atom stereocenters. The van der Waals surface area contributed by atoms with Gasteiger partial charge in [-0.1, -0.05) is 218 Å². The van der Waals surface area contributed by atoms with Gasteiger partial charge in [0.25, 0.3) is 0 Å². The van der Waals surface area contributed by atoms with Crippen LogP contribution in [0.4, 0.5) is 17.1 Å². The molecule has 11 aromatic carbocycles. The molecule has 0 atom stereocenters. The molecule has 2 aliphatic heterocycles. The molecule has 7 heteroatoms. The van der Waals surface area contributed by atoms with E-state index < -0.39 is 16.1 Å². The Morgan fingerprint density at radius 2 is 0.779 bits per heavy atom. The second-order valence-corrected chi connectivity index (χ2v) is 27.7. The monoisotopic (exact) mass is 1020 g/mol. The molecule has 0 N–H and O–H groups in total. The fraction of sp³-hybridized carbons (Fsp3) is 0. The summed E-state index contributed by atoms with van der Waals surface area (Å²) in [5, 5.41) is 22.1. The quantitative estimate of drug-likeness (QED) is 0.101. The third kappa shape index (κ3) is 6.84. The number of rotatable bonds is 10. The third-order valence-corrected chi connectivity index (χ3v) is 25.7. The molecule has 2 aromatic heterocycles. The number of benzene rings is 11. The van der Waals surface area contributed by atoms with Crippen LogP contribution in [0.5, 0.6) is 0 Å². The van der Waals surface area contributed by atoms with E-state index in [1.165, 1.54) is 52.3 Å². The van der Waals surface area contributed by atoms with Crippen molar-refractivity contribution in [2.45, 2.75) is 0 Å². The van der Waals surface area contributed by atoms with Crippen molar-refractivity contribution >= 4 is 118 Å². The fourth-order valence-corrected chi connectivity index (χ4v) is 22.4. The van der Waals surface area contributed by atoms with Gasteiger partial charge in [0.05, 0.1) is 28.1 Å². The van der Waals surface area contributed by atoms with Crippen LogP contribution in [0.3, 0.4) is 0 Å². The zero-order chi connectivity index (χ0) is 50.9. The summed E-state index contributed by atoms with van der Waals surface area (Å²) in [6.07, 6.45) is 8.59. The predicted octanol–water partition coefficient (Wildman–Crippen LogP) is 11.6. The van der Waals surface area contributed by atoms with Crippen LogP contribution >= 0.6 is 0 Å². The number of aromatic nitrogens is 1. The van der Waals surface area contributed by atoms with Crippen LogP contribution in [0.25, 0.3) is 49.4 Å². The Hall–Kier alpha value is -9.67. The van der Waals surface area contributed by atoms with Crippen LogP contribution in [0.15, 0.2) is 308 Å². The lowest BCUT2D eigenvalue weighted by Crippen LogP contribution is -2.74. The molecule has 0 saturated heterocycles. The van der Waals surface area contributed by atoms with Crippen molar-refractivity contribution in [3.8, 4) is 5.69 Å². The highest BCUT2D eigenvalue weighted by molar-refractivity contribution is 7.20. The minimum atomic E-state index is -3.00. The van der Waals surface area contributed by atoms with Crippen molar-refractivity contribution in [3.05, 3.63) is 304 Å². The number of hydrazine groups is 2. The minimum absolute atomic E-state index is 0.904. The number of furan rings is 1. The smallest absolute Gasteiger partial charge is 0.179 e. The molecule has 0 fully saturated rings. The highest BCUT2D eigenvalue weighted by Gasteiger charge is 2.45. The van der Waals surface area contributed by atoms with Gasteiger partial charge in [-0.25, -0.2) is 10.0 Å². The summed E-state index contributed by atoms with van der Waals surface area (Å²) in [6, 6.07) is 104. The molecule has 0 aliphatic carbocycles. The molecule has 364 valence electrons. The van der Waals surface area contributed by atoms with Gasteiger partial charge in [-0.3, -0.25) is 0 Å². The Morgan fingerprint density at radius 1 is 0.286 bits per heavy atom. The molecule has 15 rings (SSSR count). The van der Waals surface area contributed by atoms with Crippen LogP contribution in [-0.2, 0) is 0 Å². The maximum absolute atomic E-state index is 6.64. The maximum atomic E-state index is 6.64. The zero-order valence-corrected chi connectivity index (χ0v) is 44.1. The van der Waals surface area contributed by atoms with Crippen molar-refractivity contribution in [1.82, 2.24) is 9.69 Å². The summed E-state index contributed by atoms with van der Waals surface area (Å²) in [5.74, 6) is 0. The van der Waals surface area contributed by atoms with E-state index in [1.807, 2.05) is 6.07 Å². The Labute approximate surface area is 449 Å². The maximum Gasteiger partial charge on any atom is 0.179 e. The van der Waals surface area contributed by atoms with E-state index in [2.05, 4.69) is 317 Å². The Morgan fingerprint density at radius 3 is 1.43 bits per heavy atom. The number of para-hydroxylation sites is 2. The fourth-order valence-electron chi connectivity index (χ4n) is 12.9. The van der Waals surface area contributed by atoms with Crippen molar-refractivity contribution < 1.29 is 4.42 Å². The first-order valence-corrected chi connectivity index (χ1v) is 30.4. The number of hydrogen-bond donors (Lipinski definition) is 0. The lowest BCUT2D eigenvalue weighted by molar-refractivity contribution is 0.408. The summed E-state index contributed by atoms with van der Waals surface area (Å²) in [4.78, 5) is 0. The molecule has 0 saturated carbocycles. The van der Waals surface area contributed by atoms with Gasteiger partial charge in [-0.15, -0.1) is 0 Å². The molecule has 0 radical (unpaired) electrons. The number of anilines is 3. The number of hydrogen-bond acceptors (Lipinski definition) is 4. The van der Waals surface area contributed by atoms with Crippen LogP contribution in [-0.4, -0.2) is 25.8 Å². The second kappa shape index (κ2) is 18.0. The van der Waals surface area contributed by atoms with E-state index in [9.17, 15) is 0 Å². The Bertz CT molecular complexity index is 4290. The summed E-state index contributed by atoms with van der Waals surface area (Å²) < 4.78 is 9.11. The van der Waals surface area contributed by atoms with Crippen LogP contribution in [0.1, 0.15) is 0 Å². The molecule has 13 aromatic rings. The molecule has 2 aliphatic rings. The first kappa shape index (κ1) is 44.8. The SMILES string of the molecule is C1=CN2c3cc([Si](c4ccccc4)(c4ccccc4)c4ccccc4)ccc3N(c3ccc4c(c3)c3ccccc3n4-c3cccc([Si](c4ccccc4)(c4ccccc4)c4ccc5c(c4)oc4ccccc45)c3)N2C=C1.